The molecule has 1 saturated heterocycles. The molecule has 0 aromatic heterocycles. The third-order valence-corrected chi connectivity index (χ3v) is 4.61. The summed E-state index contributed by atoms with van der Waals surface area (Å²) in [6.07, 6.45) is 2.12. The van der Waals surface area contributed by atoms with Gasteiger partial charge in [0, 0.05) is 37.1 Å². The van der Waals surface area contributed by atoms with Crippen LogP contribution in [0.1, 0.15) is 12.5 Å². The lowest BCUT2D eigenvalue weighted by molar-refractivity contribution is 0.169. The third kappa shape index (κ3) is 3.05. The smallest absolute Gasteiger partial charge is 0.162 e. The lowest BCUT2D eigenvalue weighted by Gasteiger charge is -2.32. The zero-order valence-corrected chi connectivity index (χ0v) is 13.0. The lowest BCUT2D eigenvalue weighted by Crippen LogP contribution is -2.48. The van der Waals surface area contributed by atoms with Crippen molar-refractivity contribution in [2.24, 2.45) is 0 Å². The maximum Gasteiger partial charge on any atom is 0.162 e. The number of fused-ring (bicyclic) bond motifs is 1. The predicted octanol–water partition coefficient (Wildman–Crippen LogP) is 1.97. The summed E-state index contributed by atoms with van der Waals surface area (Å²) in [5, 5.41) is 3.48. The Bertz CT molecular complexity index is 481. The van der Waals surface area contributed by atoms with Gasteiger partial charge in [0.15, 0.2) is 11.5 Å². The van der Waals surface area contributed by atoms with Crippen molar-refractivity contribution in [2.75, 3.05) is 39.1 Å². The van der Waals surface area contributed by atoms with E-state index in [1.807, 2.05) is 0 Å². The second kappa shape index (κ2) is 6.24. The van der Waals surface area contributed by atoms with Gasteiger partial charge in [-0.1, -0.05) is 0 Å². The Kier molecular flexibility index (Phi) is 4.38. The first-order valence-electron chi connectivity index (χ1n) is 7.18. The fourth-order valence-electron chi connectivity index (χ4n) is 2.82. The molecule has 0 radical (unpaired) electrons. The van der Waals surface area contributed by atoms with Crippen molar-refractivity contribution in [1.82, 2.24) is 10.2 Å². The van der Waals surface area contributed by atoms with Crippen molar-refractivity contribution in [1.29, 1.82) is 0 Å². The molecule has 2 heterocycles. The maximum absolute atomic E-state index is 5.71. The van der Waals surface area contributed by atoms with Gasteiger partial charge in [0.1, 0.15) is 13.2 Å². The highest BCUT2D eigenvalue weighted by atomic mass is 32.2. The number of ether oxygens (including phenoxy) is 2. The molecule has 0 amide bonds. The van der Waals surface area contributed by atoms with E-state index < -0.39 is 0 Å². The van der Waals surface area contributed by atoms with Crippen LogP contribution in [-0.2, 0) is 6.54 Å². The number of thioether (sulfide) groups is 1. The average Bonchev–Trinajstić information content (AvgIpc) is 2.46. The predicted molar refractivity (Wildman–Crippen MR) is 82.0 cm³/mol. The minimum atomic E-state index is 0.568. The molecule has 5 heteroatoms. The largest absolute Gasteiger partial charge is 0.486 e. The molecular weight excluding hydrogens is 272 g/mol. The summed E-state index contributed by atoms with van der Waals surface area (Å²) < 4.78 is 11.4. The third-order valence-electron chi connectivity index (χ3n) is 3.79. The van der Waals surface area contributed by atoms with Crippen LogP contribution in [-0.4, -0.2) is 50.0 Å². The number of benzene rings is 1. The molecule has 1 aromatic rings. The van der Waals surface area contributed by atoms with Crippen molar-refractivity contribution < 1.29 is 9.47 Å². The second-order valence-corrected chi connectivity index (χ2v) is 6.25. The molecule has 0 bridgehead atoms. The van der Waals surface area contributed by atoms with Crippen LogP contribution < -0.4 is 14.8 Å². The van der Waals surface area contributed by atoms with Crippen LogP contribution in [0.15, 0.2) is 17.0 Å². The number of hydrogen-bond acceptors (Lipinski definition) is 5. The summed E-state index contributed by atoms with van der Waals surface area (Å²) in [5.74, 6) is 1.78. The van der Waals surface area contributed by atoms with Gasteiger partial charge in [-0.15, -0.1) is 11.8 Å². The zero-order valence-electron chi connectivity index (χ0n) is 12.1. The number of nitrogens with zero attached hydrogens (tertiary/aromatic N) is 1. The standard InChI is InChI=1S/C15H22N2O2S/c1-11-9-17(4-3-16-11)10-12-7-13-14(8-15(12)20-2)19-6-5-18-13/h7-8,11,16H,3-6,9-10H2,1-2H3/t11-/m0/s1. The fourth-order valence-corrected chi connectivity index (χ4v) is 3.43. The Morgan fingerprint density at radius 3 is 2.75 bits per heavy atom. The molecule has 1 N–H and O–H groups in total. The number of nitrogens with one attached hydrogen (secondary N) is 1. The molecule has 3 rings (SSSR count). The summed E-state index contributed by atoms with van der Waals surface area (Å²) in [6, 6.07) is 4.85. The molecule has 2 aliphatic heterocycles. The molecule has 1 fully saturated rings. The van der Waals surface area contributed by atoms with Crippen LogP contribution in [0, 0.1) is 0 Å². The molecule has 1 aromatic carbocycles. The van der Waals surface area contributed by atoms with Crippen LogP contribution >= 0.6 is 11.8 Å². The number of piperazine rings is 1. The van der Waals surface area contributed by atoms with E-state index in [1.165, 1.54) is 10.5 Å². The summed E-state index contributed by atoms with van der Waals surface area (Å²) in [7, 11) is 0. The van der Waals surface area contributed by atoms with E-state index in [2.05, 4.69) is 35.5 Å². The first kappa shape index (κ1) is 14.0. The highest BCUT2D eigenvalue weighted by Gasteiger charge is 2.20. The van der Waals surface area contributed by atoms with Gasteiger partial charge >= 0.3 is 0 Å². The van der Waals surface area contributed by atoms with Crippen molar-refractivity contribution in [3.63, 3.8) is 0 Å². The number of rotatable bonds is 3. The molecule has 2 aliphatic rings. The summed E-state index contributed by atoms with van der Waals surface area (Å²) in [6.45, 7) is 7.80. The highest BCUT2D eigenvalue weighted by molar-refractivity contribution is 7.98. The van der Waals surface area contributed by atoms with Crippen molar-refractivity contribution in [3.05, 3.63) is 17.7 Å². The average molecular weight is 294 g/mol. The Morgan fingerprint density at radius 2 is 2.05 bits per heavy atom. The van der Waals surface area contributed by atoms with Crippen molar-refractivity contribution >= 4 is 11.8 Å². The molecule has 110 valence electrons. The van der Waals surface area contributed by atoms with E-state index in [-0.39, 0.29) is 0 Å². The van der Waals surface area contributed by atoms with Gasteiger partial charge in [-0.2, -0.15) is 0 Å². The first-order valence-corrected chi connectivity index (χ1v) is 8.41. The monoisotopic (exact) mass is 294 g/mol. The normalized spacial score (nSPS) is 22.8. The zero-order chi connectivity index (χ0) is 13.9. The van der Waals surface area contributed by atoms with Gasteiger partial charge in [-0.3, -0.25) is 4.90 Å². The van der Waals surface area contributed by atoms with Crippen LogP contribution in [0.2, 0.25) is 0 Å². The molecule has 4 nitrogen and oxygen atoms in total. The molecular formula is C15H22N2O2S. The minimum absolute atomic E-state index is 0.568. The van der Waals surface area contributed by atoms with Gasteiger partial charge in [0.2, 0.25) is 0 Å². The van der Waals surface area contributed by atoms with Gasteiger partial charge in [-0.05, 0) is 30.9 Å². The van der Waals surface area contributed by atoms with Gasteiger partial charge < -0.3 is 14.8 Å². The van der Waals surface area contributed by atoms with Gasteiger partial charge in [0.05, 0.1) is 0 Å². The number of hydrogen-bond donors (Lipinski definition) is 1. The molecule has 0 saturated carbocycles. The first-order chi connectivity index (χ1) is 9.76. The lowest BCUT2D eigenvalue weighted by atomic mass is 10.1. The molecule has 0 unspecified atom stereocenters. The highest BCUT2D eigenvalue weighted by Crippen LogP contribution is 2.37. The van der Waals surface area contributed by atoms with Crippen LogP contribution in [0.3, 0.4) is 0 Å². The quantitative estimate of drug-likeness (QED) is 0.862. The maximum atomic E-state index is 5.71. The second-order valence-electron chi connectivity index (χ2n) is 5.40. The van der Waals surface area contributed by atoms with Crippen molar-refractivity contribution in [2.45, 2.75) is 24.4 Å². The van der Waals surface area contributed by atoms with E-state index in [0.717, 1.165) is 37.7 Å². The Morgan fingerprint density at radius 1 is 1.30 bits per heavy atom. The topological polar surface area (TPSA) is 33.7 Å². The summed E-state index contributed by atoms with van der Waals surface area (Å²) in [5.41, 5.74) is 1.34. The van der Waals surface area contributed by atoms with Gasteiger partial charge in [-0.25, -0.2) is 0 Å². The van der Waals surface area contributed by atoms with E-state index in [1.54, 1.807) is 11.8 Å². The van der Waals surface area contributed by atoms with Crippen molar-refractivity contribution in [3.8, 4) is 11.5 Å². The van der Waals surface area contributed by atoms with Crippen LogP contribution in [0.25, 0.3) is 0 Å². The molecule has 0 aliphatic carbocycles. The Balaban J connectivity index is 1.80. The Labute approximate surface area is 124 Å². The molecule has 20 heavy (non-hydrogen) atoms. The van der Waals surface area contributed by atoms with Crippen LogP contribution in [0.5, 0.6) is 11.5 Å². The van der Waals surface area contributed by atoms with E-state index >= 15 is 0 Å². The summed E-state index contributed by atoms with van der Waals surface area (Å²) in [4.78, 5) is 3.80. The van der Waals surface area contributed by atoms with E-state index in [4.69, 9.17) is 9.47 Å². The van der Waals surface area contributed by atoms with Gasteiger partial charge in [0.25, 0.3) is 0 Å². The fraction of sp³-hybridized carbons (Fsp3) is 0.600. The molecule has 0 spiro atoms. The summed E-state index contributed by atoms with van der Waals surface area (Å²) >= 11 is 1.78. The molecule has 1 atom stereocenters. The SMILES string of the molecule is CSc1cc2c(cc1CN1CCN[C@@H](C)C1)OCCO2. The van der Waals surface area contributed by atoms with Crippen LogP contribution in [0.4, 0.5) is 0 Å². The van der Waals surface area contributed by atoms with E-state index in [0.29, 0.717) is 19.3 Å². The van der Waals surface area contributed by atoms with E-state index in [9.17, 15) is 0 Å². The minimum Gasteiger partial charge on any atom is -0.486 e. The Hall–Kier alpha value is -0.910.